The minimum absolute atomic E-state index is 0.321. The molecule has 2 rings (SSSR count). The number of hydrogen-bond donors (Lipinski definition) is 2. The first-order chi connectivity index (χ1) is 11.3. The molecule has 0 bridgehead atoms. The van der Waals surface area contributed by atoms with Crippen molar-refractivity contribution in [2.24, 2.45) is 5.73 Å². The van der Waals surface area contributed by atoms with E-state index >= 15 is 0 Å². The van der Waals surface area contributed by atoms with Crippen molar-refractivity contribution in [3.8, 4) is 5.75 Å². The Hall–Kier alpha value is -2.34. The second kappa shape index (κ2) is 7.49. The molecule has 5 nitrogen and oxygen atoms in total. The summed E-state index contributed by atoms with van der Waals surface area (Å²) in [6.45, 7) is 7.45. The van der Waals surface area contributed by atoms with E-state index in [4.69, 9.17) is 10.5 Å². The number of rotatable bonds is 6. The van der Waals surface area contributed by atoms with Gasteiger partial charge < -0.3 is 15.8 Å². The van der Waals surface area contributed by atoms with Gasteiger partial charge in [-0.25, -0.2) is 0 Å². The molecule has 1 atom stereocenters. The van der Waals surface area contributed by atoms with Crippen LogP contribution >= 0.6 is 11.3 Å². The molecular weight excluding hydrogens is 324 g/mol. The van der Waals surface area contributed by atoms with Gasteiger partial charge in [-0.2, -0.15) is 0 Å². The number of benzene rings is 1. The van der Waals surface area contributed by atoms with Crippen molar-refractivity contribution in [2.45, 2.75) is 40.2 Å². The summed E-state index contributed by atoms with van der Waals surface area (Å²) in [4.78, 5) is 24.9. The van der Waals surface area contributed by atoms with Crippen molar-refractivity contribution >= 4 is 28.2 Å². The van der Waals surface area contributed by atoms with Gasteiger partial charge in [0.2, 0.25) is 0 Å². The van der Waals surface area contributed by atoms with Crippen LogP contribution in [0.1, 0.15) is 40.2 Å². The number of ether oxygens (including phenoxy) is 1. The lowest BCUT2D eigenvalue weighted by molar-refractivity contribution is -0.122. The largest absolute Gasteiger partial charge is 0.481 e. The van der Waals surface area contributed by atoms with Crippen LogP contribution in [0.2, 0.25) is 0 Å². The Bertz CT molecular complexity index is 750. The second-order valence-electron chi connectivity index (χ2n) is 5.60. The molecule has 24 heavy (non-hydrogen) atoms. The molecule has 1 aromatic carbocycles. The van der Waals surface area contributed by atoms with Gasteiger partial charge in [-0.3, -0.25) is 9.59 Å². The molecule has 6 heteroatoms. The summed E-state index contributed by atoms with van der Waals surface area (Å²) in [6, 6.07) is 7.63. The second-order valence-corrected chi connectivity index (χ2v) is 6.82. The predicted octanol–water partition coefficient (Wildman–Crippen LogP) is 3.43. The van der Waals surface area contributed by atoms with E-state index in [0.717, 1.165) is 16.9 Å². The highest BCUT2D eigenvalue weighted by Gasteiger charge is 2.22. The van der Waals surface area contributed by atoms with Crippen molar-refractivity contribution in [1.82, 2.24) is 0 Å². The average Bonchev–Trinajstić information content (AvgIpc) is 2.82. The molecule has 2 aromatic rings. The molecule has 3 N–H and O–H groups in total. The summed E-state index contributed by atoms with van der Waals surface area (Å²) in [7, 11) is 0. The van der Waals surface area contributed by atoms with Gasteiger partial charge >= 0.3 is 0 Å². The highest BCUT2D eigenvalue weighted by atomic mass is 32.1. The summed E-state index contributed by atoms with van der Waals surface area (Å²) in [6.07, 6.45) is 0.254. The number of anilines is 1. The first-order valence-electron chi connectivity index (χ1n) is 7.79. The number of nitrogens with two attached hydrogens (primary N) is 1. The molecule has 0 aliphatic heterocycles. The fraction of sp³-hybridized carbons (Fsp3) is 0.333. The van der Waals surface area contributed by atoms with Crippen LogP contribution < -0.4 is 15.8 Å². The SMILES string of the molecule is CCc1ccc(OC(C)C(=O)Nc2sc(C)c(C)c2C(N)=O)cc1. The van der Waals surface area contributed by atoms with E-state index < -0.39 is 12.0 Å². The topological polar surface area (TPSA) is 81.4 Å². The highest BCUT2D eigenvalue weighted by Crippen LogP contribution is 2.32. The molecule has 0 fully saturated rings. The van der Waals surface area contributed by atoms with Crippen LogP contribution in [0.25, 0.3) is 0 Å². The minimum atomic E-state index is -0.694. The number of hydrogen-bond acceptors (Lipinski definition) is 4. The number of carbonyl (C=O) groups is 2. The maximum absolute atomic E-state index is 12.4. The summed E-state index contributed by atoms with van der Waals surface area (Å²) < 4.78 is 5.66. The molecule has 0 spiro atoms. The molecule has 0 aliphatic rings. The van der Waals surface area contributed by atoms with Gasteiger partial charge in [0.05, 0.1) is 5.56 Å². The maximum atomic E-state index is 12.4. The normalized spacial score (nSPS) is 11.8. The van der Waals surface area contributed by atoms with Gasteiger partial charge in [-0.05, 0) is 50.5 Å². The van der Waals surface area contributed by atoms with E-state index in [1.54, 1.807) is 6.92 Å². The maximum Gasteiger partial charge on any atom is 0.265 e. The summed E-state index contributed by atoms with van der Waals surface area (Å²) in [5.74, 6) is -0.238. The Morgan fingerprint density at radius 2 is 1.88 bits per heavy atom. The zero-order valence-electron chi connectivity index (χ0n) is 14.3. The van der Waals surface area contributed by atoms with Gasteiger partial charge in [-0.15, -0.1) is 11.3 Å². The third-order valence-corrected chi connectivity index (χ3v) is 5.00. The first-order valence-corrected chi connectivity index (χ1v) is 8.61. The molecule has 1 unspecified atom stereocenters. The summed E-state index contributed by atoms with van der Waals surface area (Å²) in [5, 5.41) is 3.22. The van der Waals surface area contributed by atoms with Crippen LogP contribution in [0, 0.1) is 13.8 Å². The number of thiophene rings is 1. The standard InChI is InChI=1S/C18H22N2O3S/c1-5-13-6-8-14(9-7-13)23-11(3)17(22)20-18-15(16(19)21)10(2)12(4)24-18/h6-9,11H,5H2,1-4H3,(H2,19,21)(H,20,22). The zero-order chi connectivity index (χ0) is 17.9. The van der Waals surface area contributed by atoms with Crippen LogP contribution in [0.3, 0.4) is 0 Å². The molecule has 1 aromatic heterocycles. The van der Waals surface area contributed by atoms with E-state index in [1.807, 2.05) is 38.1 Å². The number of carbonyl (C=O) groups excluding carboxylic acids is 2. The lowest BCUT2D eigenvalue weighted by atomic mass is 10.1. The summed E-state index contributed by atoms with van der Waals surface area (Å²) >= 11 is 1.34. The fourth-order valence-corrected chi connectivity index (χ4v) is 3.36. The number of amides is 2. The molecular formula is C18H22N2O3S. The average molecular weight is 346 g/mol. The van der Waals surface area contributed by atoms with Crippen LogP contribution in [0.5, 0.6) is 5.75 Å². The fourth-order valence-electron chi connectivity index (χ4n) is 2.29. The van der Waals surface area contributed by atoms with E-state index in [1.165, 1.54) is 16.9 Å². The van der Waals surface area contributed by atoms with E-state index in [-0.39, 0.29) is 5.91 Å². The van der Waals surface area contributed by atoms with Gasteiger partial charge in [0.1, 0.15) is 10.8 Å². The quantitative estimate of drug-likeness (QED) is 0.841. The third-order valence-electron chi connectivity index (χ3n) is 3.88. The number of aryl methyl sites for hydroxylation is 2. The lowest BCUT2D eigenvalue weighted by Gasteiger charge is -2.15. The number of primary amides is 1. The molecule has 0 aliphatic carbocycles. The van der Waals surface area contributed by atoms with Crippen LogP contribution in [0.15, 0.2) is 24.3 Å². The van der Waals surface area contributed by atoms with E-state index in [2.05, 4.69) is 12.2 Å². The Kier molecular flexibility index (Phi) is 5.62. The van der Waals surface area contributed by atoms with E-state index in [0.29, 0.717) is 16.3 Å². The Balaban J connectivity index is 2.09. The molecule has 0 saturated heterocycles. The van der Waals surface area contributed by atoms with Crippen LogP contribution in [-0.2, 0) is 11.2 Å². The monoisotopic (exact) mass is 346 g/mol. The van der Waals surface area contributed by atoms with Crippen LogP contribution in [0.4, 0.5) is 5.00 Å². The smallest absolute Gasteiger partial charge is 0.265 e. The van der Waals surface area contributed by atoms with Crippen molar-refractivity contribution < 1.29 is 14.3 Å². The Morgan fingerprint density at radius 1 is 1.25 bits per heavy atom. The predicted molar refractivity (Wildman–Crippen MR) is 96.9 cm³/mol. The highest BCUT2D eigenvalue weighted by molar-refractivity contribution is 7.16. The molecule has 128 valence electrons. The van der Waals surface area contributed by atoms with Gasteiger partial charge in [0, 0.05) is 4.88 Å². The molecule has 2 amide bonds. The van der Waals surface area contributed by atoms with Crippen molar-refractivity contribution in [1.29, 1.82) is 0 Å². The third kappa shape index (κ3) is 3.94. The Morgan fingerprint density at radius 3 is 2.42 bits per heavy atom. The number of nitrogens with one attached hydrogen (secondary N) is 1. The van der Waals surface area contributed by atoms with Crippen molar-refractivity contribution in [3.63, 3.8) is 0 Å². The van der Waals surface area contributed by atoms with E-state index in [9.17, 15) is 9.59 Å². The molecule has 1 heterocycles. The molecule has 0 radical (unpaired) electrons. The van der Waals surface area contributed by atoms with Crippen LogP contribution in [-0.4, -0.2) is 17.9 Å². The lowest BCUT2D eigenvalue weighted by Crippen LogP contribution is -2.30. The van der Waals surface area contributed by atoms with Gasteiger partial charge in [0.15, 0.2) is 6.10 Å². The van der Waals surface area contributed by atoms with Gasteiger partial charge in [0.25, 0.3) is 11.8 Å². The van der Waals surface area contributed by atoms with Crippen molar-refractivity contribution in [2.75, 3.05) is 5.32 Å². The summed E-state index contributed by atoms with van der Waals surface area (Å²) in [5.41, 5.74) is 7.78. The molecule has 0 saturated carbocycles. The Labute approximate surface area is 145 Å². The van der Waals surface area contributed by atoms with Crippen molar-refractivity contribution in [3.05, 3.63) is 45.8 Å². The zero-order valence-corrected chi connectivity index (χ0v) is 15.1. The first kappa shape index (κ1) is 18.0. The minimum Gasteiger partial charge on any atom is -0.481 e. The van der Waals surface area contributed by atoms with Gasteiger partial charge in [-0.1, -0.05) is 19.1 Å².